The fraction of sp³-hybridized carbons (Fsp3) is 0.294. The van der Waals surface area contributed by atoms with Gasteiger partial charge in [0.1, 0.15) is 0 Å². The number of aryl methyl sites for hydroxylation is 1. The quantitative estimate of drug-likeness (QED) is 0.777. The van der Waals surface area contributed by atoms with E-state index in [9.17, 15) is 0 Å². The summed E-state index contributed by atoms with van der Waals surface area (Å²) in [6, 6.07) is 14.7. The summed E-state index contributed by atoms with van der Waals surface area (Å²) < 4.78 is 0. The zero-order chi connectivity index (χ0) is 13.1. The van der Waals surface area contributed by atoms with E-state index < -0.39 is 0 Å². The van der Waals surface area contributed by atoms with Crippen LogP contribution in [0.1, 0.15) is 37.8 Å². The molecule has 0 bridgehead atoms. The summed E-state index contributed by atoms with van der Waals surface area (Å²) in [6.07, 6.45) is 1.08. The highest BCUT2D eigenvalue weighted by Crippen LogP contribution is 2.32. The Morgan fingerprint density at radius 2 is 1.67 bits per heavy atom. The number of nitrogen functional groups attached to an aromatic ring is 1. The minimum Gasteiger partial charge on any atom is -0.399 e. The SMILES string of the molecule is CCc1cccc(-c2ccc(N)cc2)c1C(C)C. The zero-order valence-electron chi connectivity index (χ0n) is 11.4. The second-order valence-electron chi connectivity index (χ2n) is 5.01. The van der Waals surface area contributed by atoms with Gasteiger partial charge in [0.25, 0.3) is 0 Å². The molecule has 0 saturated heterocycles. The van der Waals surface area contributed by atoms with Gasteiger partial charge in [-0.05, 0) is 46.7 Å². The van der Waals surface area contributed by atoms with Gasteiger partial charge in [-0.1, -0.05) is 51.1 Å². The monoisotopic (exact) mass is 239 g/mol. The fourth-order valence-electron chi connectivity index (χ4n) is 2.52. The third-order valence-electron chi connectivity index (χ3n) is 3.38. The van der Waals surface area contributed by atoms with E-state index in [-0.39, 0.29) is 0 Å². The van der Waals surface area contributed by atoms with Gasteiger partial charge in [0.05, 0.1) is 0 Å². The van der Waals surface area contributed by atoms with E-state index in [1.807, 2.05) is 12.1 Å². The summed E-state index contributed by atoms with van der Waals surface area (Å²) in [5, 5.41) is 0. The average molecular weight is 239 g/mol. The summed E-state index contributed by atoms with van der Waals surface area (Å²) >= 11 is 0. The molecule has 0 unspecified atom stereocenters. The molecule has 2 aromatic carbocycles. The van der Waals surface area contributed by atoms with Crippen molar-refractivity contribution in [1.29, 1.82) is 0 Å². The Morgan fingerprint density at radius 3 is 2.22 bits per heavy atom. The van der Waals surface area contributed by atoms with Crippen molar-refractivity contribution in [3.05, 3.63) is 53.6 Å². The Morgan fingerprint density at radius 1 is 1.00 bits per heavy atom. The van der Waals surface area contributed by atoms with E-state index in [1.165, 1.54) is 22.3 Å². The fourth-order valence-corrected chi connectivity index (χ4v) is 2.52. The van der Waals surface area contributed by atoms with Crippen molar-refractivity contribution in [1.82, 2.24) is 0 Å². The van der Waals surface area contributed by atoms with Gasteiger partial charge in [-0.15, -0.1) is 0 Å². The molecule has 0 aliphatic heterocycles. The summed E-state index contributed by atoms with van der Waals surface area (Å²) in [7, 11) is 0. The van der Waals surface area contributed by atoms with Gasteiger partial charge >= 0.3 is 0 Å². The molecular weight excluding hydrogens is 218 g/mol. The summed E-state index contributed by atoms with van der Waals surface area (Å²) in [5.41, 5.74) is 12.1. The number of nitrogens with two attached hydrogens (primary N) is 1. The second-order valence-corrected chi connectivity index (χ2v) is 5.01. The minimum atomic E-state index is 0.536. The van der Waals surface area contributed by atoms with E-state index in [2.05, 4.69) is 51.1 Å². The number of hydrogen-bond acceptors (Lipinski definition) is 1. The lowest BCUT2D eigenvalue weighted by molar-refractivity contribution is 0.847. The standard InChI is InChI=1S/C17H21N/c1-4-13-6-5-7-16(17(13)12(2)3)14-8-10-15(18)11-9-14/h5-12H,4,18H2,1-3H3. The van der Waals surface area contributed by atoms with Crippen molar-refractivity contribution < 1.29 is 0 Å². The smallest absolute Gasteiger partial charge is 0.0314 e. The first kappa shape index (κ1) is 12.7. The van der Waals surface area contributed by atoms with Crippen molar-refractivity contribution in [3.8, 4) is 11.1 Å². The van der Waals surface area contributed by atoms with Crippen LogP contribution < -0.4 is 5.73 Å². The molecular formula is C17H21N. The number of benzene rings is 2. The third-order valence-corrected chi connectivity index (χ3v) is 3.38. The number of rotatable bonds is 3. The molecule has 0 heterocycles. The molecule has 2 N–H and O–H groups in total. The van der Waals surface area contributed by atoms with Crippen LogP contribution in [-0.4, -0.2) is 0 Å². The Labute approximate surface area is 110 Å². The number of anilines is 1. The normalized spacial score (nSPS) is 10.9. The molecule has 2 aromatic rings. The lowest BCUT2D eigenvalue weighted by atomic mass is 9.87. The topological polar surface area (TPSA) is 26.0 Å². The van der Waals surface area contributed by atoms with Crippen molar-refractivity contribution in [3.63, 3.8) is 0 Å². The van der Waals surface area contributed by atoms with Crippen molar-refractivity contribution >= 4 is 5.69 Å². The maximum atomic E-state index is 5.76. The van der Waals surface area contributed by atoms with E-state index in [4.69, 9.17) is 5.73 Å². The number of hydrogen-bond donors (Lipinski definition) is 1. The predicted molar refractivity (Wildman–Crippen MR) is 79.8 cm³/mol. The molecule has 0 spiro atoms. The minimum absolute atomic E-state index is 0.536. The first-order valence-electron chi connectivity index (χ1n) is 6.61. The molecule has 0 aliphatic carbocycles. The average Bonchev–Trinajstić information content (AvgIpc) is 2.38. The predicted octanol–water partition coefficient (Wildman–Crippen LogP) is 4.62. The first-order valence-corrected chi connectivity index (χ1v) is 6.61. The Bertz CT molecular complexity index is 524. The lowest BCUT2D eigenvalue weighted by Gasteiger charge is -2.17. The molecule has 0 amide bonds. The van der Waals surface area contributed by atoms with E-state index in [1.54, 1.807) is 0 Å². The Hall–Kier alpha value is -1.76. The highest BCUT2D eigenvalue weighted by molar-refractivity contribution is 5.71. The van der Waals surface area contributed by atoms with Crippen LogP contribution in [0.15, 0.2) is 42.5 Å². The van der Waals surface area contributed by atoms with Gasteiger partial charge in [-0.25, -0.2) is 0 Å². The van der Waals surface area contributed by atoms with Gasteiger partial charge < -0.3 is 5.73 Å². The van der Waals surface area contributed by atoms with Crippen LogP contribution >= 0.6 is 0 Å². The molecule has 94 valence electrons. The highest BCUT2D eigenvalue weighted by Gasteiger charge is 2.12. The largest absolute Gasteiger partial charge is 0.399 e. The van der Waals surface area contributed by atoms with Crippen molar-refractivity contribution in [2.75, 3.05) is 5.73 Å². The Kier molecular flexibility index (Phi) is 3.71. The third kappa shape index (κ3) is 2.40. The van der Waals surface area contributed by atoms with Crippen LogP contribution in [0.2, 0.25) is 0 Å². The Balaban J connectivity index is 2.59. The molecule has 2 rings (SSSR count). The van der Waals surface area contributed by atoms with Crippen LogP contribution in [0, 0.1) is 0 Å². The van der Waals surface area contributed by atoms with Crippen LogP contribution in [-0.2, 0) is 6.42 Å². The van der Waals surface area contributed by atoms with Gasteiger partial charge in [-0.3, -0.25) is 0 Å². The van der Waals surface area contributed by atoms with Crippen LogP contribution in [0.3, 0.4) is 0 Å². The maximum absolute atomic E-state index is 5.76. The molecule has 0 fully saturated rings. The molecule has 1 heteroatoms. The van der Waals surface area contributed by atoms with E-state index in [0.29, 0.717) is 5.92 Å². The molecule has 0 aromatic heterocycles. The van der Waals surface area contributed by atoms with Crippen molar-refractivity contribution in [2.24, 2.45) is 0 Å². The molecule has 0 radical (unpaired) electrons. The molecule has 0 saturated carbocycles. The maximum Gasteiger partial charge on any atom is 0.0314 e. The second kappa shape index (κ2) is 5.26. The van der Waals surface area contributed by atoms with E-state index >= 15 is 0 Å². The molecule has 0 atom stereocenters. The van der Waals surface area contributed by atoms with Crippen LogP contribution in [0.4, 0.5) is 5.69 Å². The highest BCUT2D eigenvalue weighted by atomic mass is 14.5. The van der Waals surface area contributed by atoms with Gasteiger partial charge in [0, 0.05) is 5.69 Å². The van der Waals surface area contributed by atoms with Gasteiger partial charge in [0.2, 0.25) is 0 Å². The summed E-state index contributed by atoms with van der Waals surface area (Å²) in [4.78, 5) is 0. The summed E-state index contributed by atoms with van der Waals surface area (Å²) in [6.45, 7) is 6.73. The molecule has 18 heavy (non-hydrogen) atoms. The van der Waals surface area contributed by atoms with Crippen molar-refractivity contribution in [2.45, 2.75) is 33.1 Å². The molecule has 0 aliphatic rings. The van der Waals surface area contributed by atoms with E-state index in [0.717, 1.165) is 12.1 Å². The molecule has 1 nitrogen and oxygen atoms in total. The first-order chi connectivity index (χ1) is 8.63. The zero-order valence-corrected chi connectivity index (χ0v) is 11.4. The van der Waals surface area contributed by atoms with Gasteiger partial charge in [0.15, 0.2) is 0 Å². The summed E-state index contributed by atoms with van der Waals surface area (Å²) in [5.74, 6) is 0.536. The van der Waals surface area contributed by atoms with Gasteiger partial charge in [-0.2, -0.15) is 0 Å². The lowest BCUT2D eigenvalue weighted by Crippen LogP contribution is -1.98. The van der Waals surface area contributed by atoms with Crippen LogP contribution in [0.25, 0.3) is 11.1 Å². The van der Waals surface area contributed by atoms with Crippen LogP contribution in [0.5, 0.6) is 0 Å².